The average Bonchev–Trinajstić information content (AvgIpc) is 2.70. The first kappa shape index (κ1) is 23.6. The quantitative estimate of drug-likeness (QED) is 0.622. The van der Waals surface area contributed by atoms with Crippen molar-refractivity contribution in [3.8, 4) is 5.75 Å². The molecule has 0 spiro atoms. The van der Waals surface area contributed by atoms with Gasteiger partial charge in [-0.05, 0) is 50.9 Å². The molecular weight excluding hydrogens is 390 g/mol. The van der Waals surface area contributed by atoms with Crippen LogP contribution in [-0.2, 0) is 14.8 Å². The van der Waals surface area contributed by atoms with Gasteiger partial charge in [0, 0.05) is 24.8 Å². The van der Waals surface area contributed by atoms with Gasteiger partial charge in [0.1, 0.15) is 10.6 Å². The van der Waals surface area contributed by atoms with Crippen molar-refractivity contribution >= 4 is 21.6 Å². The van der Waals surface area contributed by atoms with E-state index in [1.807, 2.05) is 6.92 Å². The van der Waals surface area contributed by atoms with Crippen LogP contribution in [0.4, 0.5) is 5.69 Å². The maximum Gasteiger partial charge on any atom is 0.246 e. The Bertz CT molecular complexity index is 778. The van der Waals surface area contributed by atoms with E-state index in [0.717, 1.165) is 25.8 Å². The third-order valence-electron chi connectivity index (χ3n) is 5.42. The number of benzene rings is 1. The van der Waals surface area contributed by atoms with Gasteiger partial charge in [-0.2, -0.15) is 4.31 Å². The minimum atomic E-state index is -3.71. The summed E-state index contributed by atoms with van der Waals surface area (Å²) in [6.45, 7) is 9.92. The van der Waals surface area contributed by atoms with Crippen LogP contribution >= 0.6 is 0 Å². The number of nitrogens with zero attached hydrogens (tertiary/aromatic N) is 2. The monoisotopic (exact) mass is 425 g/mol. The average molecular weight is 426 g/mol. The fourth-order valence-corrected chi connectivity index (χ4v) is 5.50. The minimum Gasteiger partial charge on any atom is -0.492 e. The fourth-order valence-electron chi connectivity index (χ4n) is 3.88. The molecule has 0 bridgehead atoms. The number of ether oxygens (including phenoxy) is 1. The first-order chi connectivity index (χ1) is 13.9. The first-order valence-electron chi connectivity index (χ1n) is 10.7. The number of sulfonamides is 1. The number of carbonyl (C=O) groups excluding carboxylic acids is 1. The predicted molar refractivity (Wildman–Crippen MR) is 116 cm³/mol. The number of likely N-dealkylation sites (tertiary alicyclic amines) is 1. The van der Waals surface area contributed by atoms with E-state index in [1.54, 1.807) is 26.0 Å². The van der Waals surface area contributed by atoms with Gasteiger partial charge >= 0.3 is 0 Å². The zero-order valence-electron chi connectivity index (χ0n) is 18.1. The smallest absolute Gasteiger partial charge is 0.246 e. The number of hydrogen-bond donors (Lipinski definition) is 1. The Hall–Kier alpha value is -1.64. The van der Waals surface area contributed by atoms with Crippen LogP contribution in [0.3, 0.4) is 0 Å². The topological polar surface area (TPSA) is 79.0 Å². The van der Waals surface area contributed by atoms with E-state index in [-0.39, 0.29) is 10.8 Å². The molecule has 1 heterocycles. The summed E-state index contributed by atoms with van der Waals surface area (Å²) < 4.78 is 33.0. The second kappa shape index (κ2) is 10.9. The molecule has 29 heavy (non-hydrogen) atoms. The highest BCUT2D eigenvalue weighted by Crippen LogP contribution is 2.30. The van der Waals surface area contributed by atoms with Crippen molar-refractivity contribution < 1.29 is 17.9 Å². The highest BCUT2D eigenvalue weighted by Gasteiger charge is 2.27. The molecule has 0 radical (unpaired) electrons. The van der Waals surface area contributed by atoms with Gasteiger partial charge in [0.05, 0.1) is 13.2 Å². The number of nitrogens with one attached hydrogen (secondary N) is 1. The van der Waals surface area contributed by atoms with E-state index in [9.17, 15) is 13.2 Å². The molecule has 0 aliphatic carbocycles. The summed E-state index contributed by atoms with van der Waals surface area (Å²) in [5.74, 6) is 0.181. The van der Waals surface area contributed by atoms with Gasteiger partial charge < -0.3 is 10.1 Å². The van der Waals surface area contributed by atoms with Gasteiger partial charge in [-0.1, -0.05) is 27.2 Å². The maximum atomic E-state index is 13.1. The van der Waals surface area contributed by atoms with Crippen molar-refractivity contribution in [1.29, 1.82) is 0 Å². The van der Waals surface area contributed by atoms with Crippen LogP contribution in [0, 0.1) is 0 Å². The molecule has 0 aromatic heterocycles. The summed E-state index contributed by atoms with van der Waals surface area (Å²) in [7, 11) is -3.71. The van der Waals surface area contributed by atoms with Gasteiger partial charge in [0.2, 0.25) is 15.9 Å². The molecule has 1 fully saturated rings. The number of hydrogen-bond acceptors (Lipinski definition) is 5. The van der Waals surface area contributed by atoms with Crippen molar-refractivity contribution in [2.75, 3.05) is 38.1 Å². The third-order valence-corrected chi connectivity index (χ3v) is 7.49. The van der Waals surface area contributed by atoms with Crippen LogP contribution in [-0.4, -0.2) is 62.4 Å². The second-order valence-corrected chi connectivity index (χ2v) is 9.17. The molecule has 164 valence electrons. The van der Waals surface area contributed by atoms with Crippen molar-refractivity contribution in [3.05, 3.63) is 18.2 Å². The van der Waals surface area contributed by atoms with Gasteiger partial charge in [0.15, 0.2) is 0 Å². The normalized spacial score (nSPS) is 18.0. The molecule has 1 unspecified atom stereocenters. The molecule has 1 aromatic rings. The third kappa shape index (κ3) is 5.93. The SMILES string of the molecule is CCOc1ccc(NC(=O)CN2CCCCC2CC)cc1S(=O)(=O)N(CC)CC. The highest BCUT2D eigenvalue weighted by atomic mass is 32.2. The van der Waals surface area contributed by atoms with Crippen LogP contribution in [0.2, 0.25) is 0 Å². The number of piperidine rings is 1. The summed E-state index contributed by atoms with van der Waals surface area (Å²) in [6, 6.07) is 5.25. The largest absolute Gasteiger partial charge is 0.492 e. The van der Waals surface area contributed by atoms with E-state index in [1.165, 1.54) is 16.8 Å². The zero-order chi connectivity index (χ0) is 21.4. The van der Waals surface area contributed by atoms with E-state index in [0.29, 0.717) is 43.7 Å². The Labute approximate surface area is 175 Å². The molecule has 1 aliphatic rings. The predicted octanol–water partition coefficient (Wildman–Crippen LogP) is 3.32. The summed E-state index contributed by atoms with van der Waals surface area (Å²) in [6.07, 6.45) is 4.48. The lowest BCUT2D eigenvalue weighted by molar-refractivity contribution is -0.118. The fraction of sp³-hybridized carbons (Fsp3) is 0.667. The molecule has 2 rings (SSSR count). The van der Waals surface area contributed by atoms with E-state index in [4.69, 9.17) is 4.74 Å². The molecule has 1 aliphatic heterocycles. The maximum absolute atomic E-state index is 13.1. The first-order valence-corrected chi connectivity index (χ1v) is 12.1. The molecule has 7 nitrogen and oxygen atoms in total. The molecule has 0 saturated carbocycles. The molecule has 1 amide bonds. The molecule has 1 N–H and O–H groups in total. The summed E-state index contributed by atoms with van der Waals surface area (Å²) >= 11 is 0. The second-order valence-electron chi connectivity index (χ2n) is 7.26. The van der Waals surface area contributed by atoms with E-state index >= 15 is 0 Å². The Kier molecular flexibility index (Phi) is 8.92. The number of carbonyl (C=O) groups is 1. The Morgan fingerprint density at radius 1 is 1.21 bits per heavy atom. The Morgan fingerprint density at radius 2 is 1.93 bits per heavy atom. The standard InChI is InChI=1S/C21H35N3O4S/c1-5-18-11-9-10-14-23(18)16-21(25)22-17-12-13-19(28-8-4)20(15-17)29(26,27)24(6-2)7-3/h12-13,15,18H,5-11,14,16H2,1-4H3,(H,22,25). The Balaban J connectivity index is 2.22. The lowest BCUT2D eigenvalue weighted by Gasteiger charge is -2.34. The molecule has 1 aromatic carbocycles. The molecule has 8 heteroatoms. The van der Waals surface area contributed by atoms with Gasteiger partial charge in [0.25, 0.3) is 0 Å². The van der Waals surface area contributed by atoms with Crippen molar-refractivity contribution in [2.24, 2.45) is 0 Å². The van der Waals surface area contributed by atoms with Gasteiger partial charge in [-0.3, -0.25) is 9.69 Å². The van der Waals surface area contributed by atoms with E-state index in [2.05, 4.69) is 17.1 Å². The van der Waals surface area contributed by atoms with Gasteiger partial charge in [-0.25, -0.2) is 8.42 Å². The van der Waals surface area contributed by atoms with Crippen LogP contribution in [0.1, 0.15) is 53.4 Å². The Morgan fingerprint density at radius 3 is 2.55 bits per heavy atom. The molecular formula is C21H35N3O4S. The summed E-state index contributed by atoms with van der Waals surface area (Å²) in [4.78, 5) is 14.9. The molecule has 1 atom stereocenters. The lowest BCUT2D eigenvalue weighted by atomic mass is 10.00. The van der Waals surface area contributed by atoms with Crippen LogP contribution < -0.4 is 10.1 Å². The zero-order valence-corrected chi connectivity index (χ0v) is 18.9. The van der Waals surface area contributed by atoms with Gasteiger partial charge in [-0.15, -0.1) is 0 Å². The molecule has 1 saturated heterocycles. The van der Waals surface area contributed by atoms with Crippen LogP contribution in [0.15, 0.2) is 23.1 Å². The van der Waals surface area contributed by atoms with Crippen molar-refractivity contribution in [1.82, 2.24) is 9.21 Å². The van der Waals surface area contributed by atoms with Crippen LogP contribution in [0.5, 0.6) is 5.75 Å². The number of rotatable bonds is 10. The van der Waals surface area contributed by atoms with Crippen LogP contribution in [0.25, 0.3) is 0 Å². The van der Waals surface area contributed by atoms with Crippen molar-refractivity contribution in [2.45, 2.75) is 64.3 Å². The van der Waals surface area contributed by atoms with Crippen molar-refractivity contribution in [3.63, 3.8) is 0 Å². The minimum absolute atomic E-state index is 0.0882. The number of amides is 1. The lowest BCUT2D eigenvalue weighted by Crippen LogP contribution is -2.43. The summed E-state index contributed by atoms with van der Waals surface area (Å²) in [5, 5.41) is 2.87. The van der Waals surface area contributed by atoms with E-state index < -0.39 is 10.0 Å². The number of anilines is 1. The highest BCUT2D eigenvalue weighted by molar-refractivity contribution is 7.89. The summed E-state index contributed by atoms with van der Waals surface area (Å²) in [5.41, 5.74) is 0.467.